The number of hydrogen-bond donors (Lipinski definition) is 1. The molecule has 16 heavy (non-hydrogen) atoms. The molecule has 0 aromatic rings. The predicted octanol–water partition coefficient (Wildman–Crippen LogP) is 2.50. The summed E-state index contributed by atoms with van der Waals surface area (Å²) in [5.41, 5.74) is 0.143. The minimum Gasteiger partial charge on any atom is -0.395 e. The van der Waals surface area contributed by atoms with Crippen LogP contribution in [0.2, 0.25) is 0 Å². The molecular formula is C11H20BrF2NO. The van der Waals surface area contributed by atoms with E-state index in [2.05, 4.69) is 15.9 Å². The highest BCUT2D eigenvalue weighted by atomic mass is 79.9. The molecule has 96 valence electrons. The smallest absolute Gasteiger partial charge is 0.251 e. The molecular weight excluding hydrogens is 280 g/mol. The SMILES string of the molecule is OCCN(CC(F)F)CC1(CBr)CCCC1. The van der Waals surface area contributed by atoms with Crippen molar-refractivity contribution in [1.82, 2.24) is 4.90 Å². The first-order valence-electron chi connectivity index (χ1n) is 5.79. The highest BCUT2D eigenvalue weighted by molar-refractivity contribution is 9.09. The lowest BCUT2D eigenvalue weighted by Gasteiger charge is -2.33. The summed E-state index contributed by atoms with van der Waals surface area (Å²) in [6, 6.07) is 0. The average molecular weight is 300 g/mol. The number of halogens is 3. The van der Waals surface area contributed by atoms with Crippen LogP contribution in [0, 0.1) is 5.41 Å². The lowest BCUT2D eigenvalue weighted by Crippen LogP contribution is -2.41. The fourth-order valence-electron chi connectivity index (χ4n) is 2.50. The van der Waals surface area contributed by atoms with Crippen molar-refractivity contribution in [3.63, 3.8) is 0 Å². The fourth-order valence-corrected chi connectivity index (χ4v) is 3.24. The van der Waals surface area contributed by atoms with Crippen molar-refractivity contribution in [1.29, 1.82) is 0 Å². The molecule has 0 bridgehead atoms. The van der Waals surface area contributed by atoms with Crippen molar-refractivity contribution >= 4 is 15.9 Å². The summed E-state index contributed by atoms with van der Waals surface area (Å²) in [6.45, 7) is 0.739. The number of nitrogens with zero attached hydrogens (tertiary/aromatic N) is 1. The van der Waals surface area contributed by atoms with Gasteiger partial charge in [-0.2, -0.15) is 0 Å². The van der Waals surface area contributed by atoms with Crippen LogP contribution in [0.5, 0.6) is 0 Å². The van der Waals surface area contributed by atoms with E-state index in [1.165, 1.54) is 12.8 Å². The first-order valence-corrected chi connectivity index (χ1v) is 6.91. The summed E-state index contributed by atoms with van der Waals surface area (Å²) in [5, 5.41) is 9.75. The standard InChI is InChI=1S/C11H20BrF2NO/c12-8-11(3-1-2-4-11)9-15(5-6-16)7-10(13)14/h10,16H,1-9H2. The van der Waals surface area contributed by atoms with Gasteiger partial charge in [0, 0.05) is 18.4 Å². The minimum atomic E-state index is -2.32. The van der Waals surface area contributed by atoms with E-state index in [-0.39, 0.29) is 18.6 Å². The van der Waals surface area contributed by atoms with E-state index < -0.39 is 6.43 Å². The lowest BCUT2D eigenvalue weighted by molar-refractivity contribution is 0.0569. The molecule has 0 heterocycles. The number of alkyl halides is 3. The second-order valence-electron chi connectivity index (χ2n) is 4.69. The third kappa shape index (κ3) is 4.26. The van der Waals surface area contributed by atoms with Gasteiger partial charge in [-0.05, 0) is 18.3 Å². The maximum atomic E-state index is 12.4. The first kappa shape index (κ1) is 14.3. The molecule has 0 radical (unpaired) electrons. The van der Waals surface area contributed by atoms with Gasteiger partial charge in [-0.1, -0.05) is 28.8 Å². The van der Waals surface area contributed by atoms with Crippen LogP contribution in [0.3, 0.4) is 0 Å². The monoisotopic (exact) mass is 299 g/mol. The Labute approximate surface area is 104 Å². The molecule has 5 heteroatoms. The number of aliphatic hydroxyl groups is 1. The van der Waals surface area contributed by atoms with E-state index in [0.29, 0.717) is 13.1 Å². The number of hydrogen-bond acceptors (Lipinski definition) is 2. The maximum absolute atomic E-state index is 12.4. The zero-order valence-corrected chi connectivity index (χ0v) is 11.1. The van der Waals surface area contributed by atoms with Crippen molar-refractivity contribution in [3.8, 4) is 0 Å². The fraction of sp³-hybridized carbons (Fsp3) is 1.00. The molecule has 1 fully saturated rings. The van der Waals surface area contributed by atoms with E-state index in [4.69, 9.17) is 5.11 Å². The summed E-state index contributed by atoms with van der Waals surface area (Å²) in [5.74, 6) is 0. The Bertz CT molecular complexity index is 198. The van der Waals surface area contributed by atoms with Crippen LogP contribution in [0.4, 0.5) is 8.78 Å². The Balaban J connectivity index is 2.50. The molecule has 0 unspecified atom stereocenters. The van der Waals surface area contributed by atoms with Gasteiger partial charge >= 0.3 is 0 Å². The van der Waals surface area contributed by atoms with Crippen molar-refractivity contribution in [2.24, 2.45) is 5.41 Å². The third-order valence-corrected chi connectivity index (χ3v) is 4.51. The van der Waals surface area contributed by atoms with E-state index >= 15 is 0 Å². The summed E-state index contributed by atoms with van der Waals surface area (Å²) in [6.07, 6.45) is 2.26. The highest BCUT2D eigenvalue weighted by Crippen LogP contribution is 2.40. The zero-order valence-electron chi connectivity index (χ0n) is 9.47. The summed E-state index contributed by atoms with van der Waals surface area (Å²) in [7, 11) is 0. The van der Waals surface area contributed by atoms with Crippen molar-refractivity contribution < 1.29 is 13.9 Å². The van der Waals surface area contributed by atoms with E-state index in [9.17, 15) is 8.78 Å². The summed E-state index contributed by atoms with van der Waals surface area (Å²) >= 11 is 3.50. The van der Waals surface area contributed by atoms with Crippen LogP contribution in [0.1, 0.15) is 25.7 Å². The van der Waals surface area contributed by atoms with Crippen LogP contribution in [0.15, 0.2) is 0 Å². The number of aliphatic hydroxyl groups excluding tert-OH is 1. The van der Waals surface area contributed by atoms with Gasteiger partial charge in [-0.15, -0.1) is 0 Å². The van der Waals surface area contributed by atoms with Gasteiger partial charge in [0.15, 0.2) is 0 Å². The minimum absolute atomic E-state index is 0.0505. The van der Waals surface area contributed by atoms with E-state index in [0.717, 1.165) is 18.2 Å². The molecule has 1 N–H and O–H groups in total. The second-order valence-corrected chi connectivity index (χ2v) is 5.25. The summed E-state index contributed by atoms with van der Waals surface area (Å²) in [4.78, 5) is 1.69. The molecule has 0 atom stereocenters. The lowest BCUT2D eigenvalue weighted by atomic mass is 9.88. The van der Waals surface area contributed by atoms with E-state index in [1.807, 2.05) is 0 Å². The Hall–Kier alpha value is 0.260. The normalized spacial score (nSPS) is 19.9. The molecule has 1 saturated carbocycles. The van der Waals surface area contributed by atoms with E-state index in [1.54, 1.807) is 4.90 Å². The molecule has 1 rings (SSSR count). The van der Waals surface area contributed by atoms with Crippen LogP contribution >= 0.6 is 15.9 Å². The zero-order chi connectivity index (χ0) is 12.0. The quantitative estimate of drug-likeness (QED) is 0.730. The van der Waals surface area contributed by atoms with Crippen LogP contribution in [-0.2, 0) is 0 Å². The molecule has 1 aliphatic carbocycles. The molecule has 2 nitrogen and oxygen atoms in total. The first-order chi connectivity index (χ1) is 7.62. The molecule has 0 aromatic carbocycles. The molecule has 0 aromatic heterocycles. The Morgan fingerprint density at radius 1 is 1.31 bits per heavy atom. The van der Waals surface area contributed by atoms with Gasteiger partial charge < -0.3 is 5.11 Å². The van der Waals surface area contributed by atoms with Gasteiger partial charge in [0.2, 0.25) is 0 Å². The van der Waals surface area contributed by atoms with Gasteiger partial charge in [-0.25, -0.2) is 8.78 Å². The topological polar surface area (TPSA) is 23.5 Å². The van der Waals surface area contributed by atoms with Gasteiger partial charge in [0.1, 0.15) is 0 Å². The Morgan fingerprint density at radius 2 is 1.94 bits per heavy atom. The molecule has 0 saturated heterocycles. The van der Waals surface area contributed by atoms with Crippen LogP contribution < -0.4 is 0 Å². The van der Waals surface area contributed by atoms with Crippen molar-refractivity contribution in [2.45, 2.75) is 32.1 Å². The Morgan fingerprint density at radius 3 is 2.38 bits per heavy atom. The van der Waals surface area contributed by atoms with Gasteiger partial charge in [0.05, 0.1) is 13.2 Å². The van der Waals surface area contributed by atoms with Gasteiger partial charge in [0.25, 0.3) is 6.43 Å². The molecule has 0 aliphatic heterocycles. The van der Waals surface area contributed by atoms with Gasteiger partial charge in [-0.3, -0.25) is 4.90 Å². The molecule has 0 spiro atoms. The second kappa shape index (κ2) is 6.87. The summed E-state index contributed by atoms with van der Waals surface area (Å²) < 4.78 is 24.8. The van der Waals surface area contributed by atoms with Crippen LogP contribution in [0.25, 0.3) is 0 Å². The molecule has 1 aliphatic rings. The highest BCUT2D eigenvalue weighted by Gasteiger charge is 2.34. The predicted molar refractivity (Wildman–Crippen MR) is 64.2 cm³/mol. The Kier molecular flexibility index (Phi) is 6.15. The average Bonchev–Trinajstić information content (AvgIpc) is 2.66. The van der Waals surface area contributed by atoms with Crippen molar-refractivity contribution in [3.05, 3.63) is 0 Å². The third-order valence-electron chi connectivity index (χ3n) is 3.32. The van der Waals surface area contributed by atoms with Crippen LogP contribution in [-0.4, -0.2) is 48.0 Å². The van der Waals surface area contributed by atoms with Crippen molar-refractivity contribution in [2.75, 3.05) is 31.6 Å². The maximum Gasteiger partial charge on any atom is 0.251 e. The largest absolute Gasteiger partial charge is 0.395 e. The molecule has 0 amide bonds. The number of rotatable bonds is 7.